The lowest BCUT2D eigenvalue weighted by molar-refractivity contribution is 0.118. The van der Waals surface area contributed by atoms with Crippen LogP contribution >= 0.6 is 24.8 Å². The van der Waals surface area contributed by atoms with Gasteiger partial charge in [-0.2, -0.15) is 0 Å². The van der Waals surface area contributed by atoms with Crippen LogP contribution < -0.4 is 4.74 Å². The summed E-state index contributed by atoms with van der Waals surface area (Å²) in [7, 11) is 2.24. The van der Waals surface area contributed by atoms with Crippen LogP contribution in [0.1, 0.15) is 19.3 Å². The van der Waals surface area contributed by atoms with E-state index in [1.54, 1.807) is 12.4 Å². The molecule has 2 bridgehead atoms. The molecule has 2 fully saturated rings. The lowest BCUT2D eigenvalue weighted by Gasteiger charge is -2.31. The van der Waals surface area contributed by atoms with Gasteiger partial charge in [0.05, 0.1) is 6.20 Å². The Morgan fingerprint density at radius 2 is 2.22 bits per heavy atom. The third-order valence-corrected chi connectivity index (χ3v) is 4.14. The molecule has 1 aliphatic heterocycles. The van der Waals surface area contributed by atoms with Crippen LogP contribution in [0.3, 0.4) is 0 Å². The van der Waals surface area contributed by atoms with Crippen LogP contribution in [0.5, 0.6) is 5.75 Å². The number of ether oxygens (including phenoxy) is 1. The monoisotopic (exact) mass is 290 g/mol. The molecule has 18 heavy (non-hydrogen) atoms. The average Bonchev–Trinajstić information content (AvgIpc) is 2.89. The van der Waals surface area contributed by atoms with Crippen molar-refractivity contribution in [3.63, 3.8) is 0 Å². The van der Waals surface area contributed by atoms with E-state index in [-0.39, 0.29) is 24.8 Å². The van der Waals surface area contributed by atoms with Gasteiger partial charge in [-0.25, -0.2) is 0 Å². The number of likely N-dealkylation sites (N-methyl/N-ethyl adjacent to an activating group) is 1. The first kappa shape index (κ1) is 15.5. The molecule has 102 valence electrons. The van der Waals surface area contributed by atoms with Crippen molar-refractivity contribution >= 4 is 24.8 Å². The minimum atomic E-state index is 0. The van der Waals surface area contributed by atoms with Gasteiger partial charge in [-0.15, -0.1) is 24.8 Å². The van der Waals surface area contributed by atoms with Crippen LogP contribution in [0.4, 0.5) is 0 Å². The zero-order chi connectivity index (χ0) is 11.0. The highest BCUT2D eigenvalue weighted by Crippen LogP contribution is 2.41. The number of fused-ring (bicyclic) bond motifs is 2. The van der Waals surface area contributed by atoms with Crippen molar-refractivity contribution in [2.75, 3.05) is 13.7 Å². The molecule has 2 heterocycles. The van der Waals surface area contributed by atoms with Crippen molar-refractivity contribution < 1.29 is 4.74 Å². The van der Waals surface area contributed by atoms with Crippen molar-refractivity contribution in [1.29, 1.82) is 0 Å². The number of rotatable bonds is 3. The molecule has 1 aromatic heterocycles. The second-order valence-electron chi connectivity index (χ2n) is 4.96. The van der Waals surface area contributed by atoms with E-state index < -0.39 is 0 Å². The minimum Gasteiger partial charge on any atom is -0.490 e. The minimum absolute atomic E-state index is 0. The first-order valence-corrected chi connectivity index (χ1v) is 6.09. The molecule has 1 aromatic rings. The molecule has 3 atom stereocenters. The molecule has 3 nitrogen and oxygen atoms in total. The molecule has 2 aliphatic rings. The van der Waals surface area contributed by atoms with Crippen molar-refractivity contribution in [1.82, 2.24) is 9.88 Å². The Labute approximate surface area is 121 Å². The van der Waals surface area contributed by atoms with Crippen molar-refractivity contribution in [3.05, 3.63) is 24.5 Å². The Bertz CT molecular complexity index is 361. The molecule has 0 N–H and O–H groups in total. The summed E-state index contributed by atoms with van der Waals surface area (Å²) in [6.45, 7) is 0.809. The van der Waals surface area contributed by atoms with Gasteiger partial charge in [0.1, 0.15) is 12.4 Å². The van der Waals surface area contributed by atoms with E-state index in [0.717, 1.165) is 24.3 Å². The van der Waals surface area contributed by atoms with Gasteiger partial charge >= 0.3 is 0 Å². The Hall–Kier alpha value is -0.510. The molecule has 0 aromatic carbocycles. The predicted octanol–water partition coefficient (Wildman–Crippen LogP) is 2.79. The van der Waals surface area contributed by atoms with Crippen LogP contribution in [-0.2, 0) is 0 Å². The molecule has 3 rings (SSSR count). The normalized spacial score (nSPS) is 29.5. The second kappa shape index (κ2) is 6.60. The number of piperidine rings is 1. The number of halogens is 2. The fraction of sp³-hybridized carbons (Fsp3) is 0.615. The molecule has 0 unspecified atom stereocenters. The first-order chi connectivity index (χ1) is 7.84. The third-order valence-electron chi connectivity index (χ3n) is 4.14. The van der Waals surface area contributed by atoms with Gasteiger partial charge in [-0.3, -0.25) is 9.88 Å². The molecule has 5 heteroatoms. The summed E-state index contributed by atoms with van der Waals surface area (Å²) in [6.07, 6.45) is 7.70. The van der Waals surface area contributed by atoms with Gasteiger partial charge in [0.25, 0.3) is 0 Å². The maximum absolute atomic E-state index is 5.81. The number of nitrogens with zero attached hydrogens (tertiary/aromatic N) is 2. The summed E-state index contributed by atoms with van der Waals surface area (Å²) >= 11 is 0. The highest BCUT2D eigenvalue weighted by Gasteiger charge is 2.43. The van der Waals surface area contributed by atoms with Gasteiger partial charge < -0.3 is 4.74 Å². The van der Waals surface area contributed by atoms with E-state index >= 15 is 0 Å². The van der Waals surface area contributed by atoms with Crippen LogP contribution in [0, 0.1) is 5.92 Å². The molecule has 1 aliphatic carbocycles. The number of hydrogen-bond donors (Lipinski definition) is 0. The molecule has 0 amide bonds. The van der Waals surface area contributed by atoms with Gasteiger partial charge in [-0.1, -0.05) is 0 Å². The third kappa shape index (κ3) is 2.90. The van der Waals surface area contributed by atoms with Crippen molar-refractivity contribution in [2.24, 2.45) is 5.92 Å². The number of likely N-dealkylation sites (tertiary alicyclic amines) is 1. The fourth-order valence-corrected chi connectivity index (χ4v) is 3.18. The standard InChI is InChI=1S/C13H18N2O.2ClH/c1-15-11-5-4-10(7-11)13(15)9-16-12-3-2-6-14-8-12;;/h2-3,6,8,10-11,13H,4-5,7,9H2,1H3;2*1H/t10-,11+,13-;;/m1../s1. The van der Waals surface area contributed by atoms with Crippen LogP contribution in [-0.4, -0.2) is 35.6 Å². The first-order valence-electron chi connectivity index (χ1n) is 6.09. The SMILES string of the molecule is CN1[C@H]2CC[C@H](C2)[C@H]1COc1cccnc1.Cl.Cl. The molecular formula is C13H20Cl2N2O. The van der Waals surface area contributed by atoms with Crippen LogP contribution in [0.25, 0.3) is 0 Å². The van der Waals surface area contributed by atoms with Crippen LogP contribution in [0.2, 0.25) is 0 Å². The average molecular weight is 291 g/mol. The highest BCUT2D eigenvalue weighted by atomic mass is 35.5. The van der Waals surface area contributed by atoms with E-state index in [4.69, 9.17) is 4.74 Å². The number of pyridine rings is 1. The van der Waals surface area contributed by atoms with Crippen molar-refractivity contribution in [2.45, 2.75) is 31.3 Å². The number of aromatic nitrogens is 1. The largest absolute Gasteiger partial charge is 0.490 e. The van der Waals surface area contributed by atoms with Gasteiger partial charge in [0.2, 0.25) is 0 Å². The van der Waals surface area contributed by atoms with E-state index in [9.17, 15) is 0 Å². The maximum atomic E-state index is 5.81. The quantitative estimate of drug-likeness (QED) is 0.856. The summed E-state index contributed by atoms with van der Waals surface area (Å²) in [5, 5.41) is 0. The summed E-state index contributed by atoms with van der Waals surface area (Å²) in [5.74, 6) is 1.74. The van der Waals surface area contributed by atoms with E-state index in [1.165, 1.54) is 19.3 Å². The van der Waals surface area contributed by atoms with Gasteiger partial charge in [0.15, 0.2) is 0 Å². The lowest BCUT2D eigenvalue weighted by atomic mass is 10.00. The Kier molecular flexibility index (Phi) is 5.70. The topological polar surface area (TPSA) is 25.4 Å². The Morgan fingerprint density at radius 3 is 2.83 bits per heavy atom. The molecular weight excluding hydrogens is 271 g/mol. The summed E-state index contributed by atoms with van der Waals surface area (Å²) in [6, 6.07) is 5.31. The molecule has 1 saturated carbocycles. The molecule has 0 spiro atoms. The number of hydrogen-bond acceptors (Lipinski definition) is 3. The smallest absolute Gasteiger partial charge is 0.137 e. The van der Waals surface area contributed by atoms with E-state index in [2.05, 4.69) is 16.9 Å². The summed E-state index contributed by atoms with van der Waals surface area (Å²) in [5.41, 5.74) is 0. The van der Waals surface area contributed by atoms with Gasteiger partial charge in [0, 0.05) is 18.3 Å². The zero-order valence-electron chi connectivity index (χ0n) is 10.5. The molecule has 0 radical (unpaired) electrons. The Balaban J connectivity index is 0.000000810. The summed E-state index contributed by atoms with van der Waals surface area (Å²) < 4.78 is 5.81. The summed E-state index contributed by atoms with van der Waals surface area (Å²) in [4.78, 5) is 6.56. The molecule has 1 saturated heterocycles. The zero-order valence-corrected chi connectivity index (χ0v) is 12.1. The van der Waals surface area contributed by atoms with Gasteiger partial charge in [-0.05, 0) is 44.4 Å². The van der Waals surface area contributed by atoms with Crippen molar-refractivity contribution in [3.8, 4) is 5.75 Å². The maximum Gasteiger partial charge on any atom is 0.137 e. The predicted molar refractivity (Wildman–Crippen MR) is 76.9 cm³/mol. The fourth-order valence-electron chi connectivity index (χ4n) is 3.18. The lowest BCUT2D eigenvalue weighted by Crippen LogP contribution is -2.41. The second-order valence-corrected chi connectivity index (χ2v) is 4.96. The van der Waals surface area contributed by atoms with E-state index in [1.807, 2.05) is 12.1 Å². The van der Waals surface area contributed by atoms with Crippen LogP contribution in [0.15, 0.2) is 24.5 Å². The van der Waals surface area contributed by atoms with E-state index in [0.29, 0.717) is 6.04 Å². The Morgan fingerprint density at radius 1 is 1.39 bits per heavy atom. The highest BCUT2D eigenvalue weighted by molar-refractivity contribution is 5.85.